The highest BCUT2D eigenvalue weighted by molar-refractivity contribution is 7.92. The molecule has 0 radical (unpaired) electrons. The van der Waals surface area contributed by atoms with Gasteiger partial charge >= 0.3 is 0 Å². The van der Waals surface area contributed by atoms with Crippen molar-refractivity contribution >= 4 is 27.5 Å². The molecule has 1 atom stereocenters. The zero-order chi connectivity index (χ0) is 29.7. The topological polar surface area (TPSA) is 86.8 Å². The van der Waals surface area contributed by atoms with E-state index in [-0.39, 0.29) is 23.4 Å². The fraction of sp³-hybridized carbons (Fsp3) is 0.375. The number of halogens is 1. The van der Waals surface area contributed by atoms with Crippen molar-refractivity contribution in [2.75, 3.05) is 10.8 Å². The zero-order valence-corrected chi connectivity index (χ0v) is 24.9. The Hall–Kier alpha value is -3.72. The molecule has 41 heavy (non-hydrogen) atoms. The lowest BCUT2D eigenvalue weighted by Gasteiger charge is -2.32. The Labute approximate surface area is 242 Å². The first-order valence-corrected chi connectivity index (χ1v) is 15.4. The third-order valence-electron chi connectivity index (χ3n) is 7.52. The predicted octanol–water partition coefficient (Wildman–Crippen LogP) is 5.42. The van der Waals surface area contributed by atoms with Crippen LogP contribution in [0.5, 0.6) is 0 Å². The molecule has 0 spiro atoms. The molecule has 7 nitrogen and oxygen atoms in total. The number of nitrogens with zero attached hydrogens (tertiary/aromatic N) is 2. The number of aryl methyl sites for hydroxylation is 3. The Bertz CT molecular complexity index is 1460. The van der Waals surface area contributed by atoms with E-state index < -0.39 is 34.3 Å². The summed E-state index contributed by atoms with van der Waals surface area (Å²) in [6.07, 6.45) is 3.86. The summed E-state index contributed by atoms with van der Waals surface area (Å²) in [6.45, 7) is 6.75. The highest BCUT2D eigenvalue weighted by atomic mass is 32.2. The minimum absolute atomic E-state index is 0.0175. The maximum atomic E-state index is 14.0. The lowest BCUT2D eigenvalue weighted by Crippen LogP contribution is -2.52. The molecule has 0 aromatic heterocycles. The van der Waals surface area contributed by atoms with E-state index in [0.29, 0.717) is 11.3 Å². The maximum Gasteiger partial charge on any atom is 0.264 e. The van der Waals surface area contributed by atoms with Crippen LogP contribution in [0.2, 0.25) is 0 Å². The zero-order valence-electron chi connectivity index (χ0n) is 24.1. The highest BCUT2D eigenvalue weighted by Crippen LogP contribution is 2.27. The smallest absolute Gasteiger partial charge is 0.264 e. The van der Waals surface area contributed by atoms with Crippen molar-refractivity contribution in [3.8, 4) is 0 Å². The van der Waals surface area contributed by atoms with Crippen LogP contribution in [0.25, 0.3) is 0 Å². The molecule has 0 saturated heterocycles. The second-order valence-corrected chi connectivity index (χ2v) is 12.8. The van der Waals surface area contributed by atoms with Gasteiger partial charge in [0.2, 0.25) is 11.8 Å². The third-order valence-corrected chi connectivity index (χ3v) is 9.31. The van der Waals surface area contributed by atoms with Crippen molar-refractivity contribution in [2.24, 2.45) is 0 Å². The van der Waals surface area contributed by atoms with Gasteiger partial charge in [0, 0.05) is 12.6 Å². The van der Waals surface area contributed by atoms with Gasteiger partial charge < -0.3 is 10.2 Å². The number of rotatable bonds is 10. The summed E-state index contributed by atoms with van der Waals surface area (Å²) in [7, 11) is -4.14. The maximum absolute atomic E-state index is 14.0. The first-order valence-electron chi connectivity index (χ1n) is 14.0. The summed E-state index contributed by atoms with van der Waals surface area (Å²) >= 11 is 0. The van der Waals surface area contributed by atoms with Crippen LogP contribution >= 0.6 is 0 Å². The lowest BCUT2D eigenvalue weighted by atomic mass is 10.1. The van der Waals surface area contributed by atoms with E-state index in [2.05, 4.69) is 5.32 Å². The Morgan fingerprint density at radius 2 is 1.49 bits per heavy atom. The molecule has 1 N–H and O–H groups in total. The molecular weight excluding hydrogens is 541 g/mol. The van der Waals surface area contributed by atoms with Crippen molar-refractivity contribution in [3.05, 3.63) is 94.8 Å². The number of amides is 2. The molecule has 4 rings (SSSR count). The molecule has 3 aromatic rings. The minimum Gasteiger partial charge on any atom is -0.352 e. The summed E-state index contributed by atoms with van der Waals surface area (Å²) < 4.78 is 42.7. The van der Waals surface area contributed by atoms with E-state index in [1.165, 1.54) is 29.2 Å². The number of carbonyl (C=O) groups excluding carboxylic acids is 2. The second-order valence-electron chi connectivity index (χ2n) is 11.0. The molecule has 0 heterocycles. The van der Waals surface area contributed by atoms with Crippen molar-refractivity contribution in [1.29, 1.82) is 0 Å². The molecule has 1 saturated carbocycles. The number of sulfonamides is 1. The van der Waals surface area contributed by atoms with Crippen LogP contribution in [0.4, 0.5) is 10.1 Å². The molecule has 1 aliphatic carbocycles. The molecule has 3 aromatic carbocycles. The van der Waals surface area contributed by atoms with Crippen LogP contribution in [-0.2, 0) is 26.2 Å². The summed E-state index contributed by atoms with van der Waals surface area (Å²) in [4.78, 5) is 28.8. The molecule has 9 heteroatoms. The van der Waals surface area contributed by atoms with E-state index in [1.807, 2.05) is 26.8 Å². The fourth-order valence-corrected chi connectivity index (χ4v) is 6.62. The van der Waals surface area contributed by atoms with Gasteiger partial charge in [-0.2, -0.15) is 0 Å². The van der Waals surface area contributed by atoms with Crippen LogP contribution < -0.4 is 9.62 Å². The lowest BCUT2D eigenvalue weighted by molar-refractivity contribution is -0.139. The number of carbonyl (C=O) groups is 2. The third kappa shape index (κ3) is 7.52. The molecule has 1 fully saturated rings. The summed E-state index contributed by atoms with van der Waals surface area (Å²) in [5.74, 6) is -1.26. The number of hydrogen-bond acceptors (Lipinski definition) is 4. The van der Waals surface area contributed by atoms with Crippen LogP contribution in [0, 0.1) is 26.6 Å². The van der Waals surface area contributed by atoms with Gasteiger partial charge in [0.05, 0.1) is 10.6 Å². The van der Waals surface area contributed by atoms with Gasteiger partial charge in [-0.3, -0.25) is 13.9 Å². The summed E-state index contributed by atoms with van der Waals surface area (Å²) in [6, 6.07) is 16.8. The summed E-state index contributed by atoms with van der Waals surface area (Å²) in [5, 5.41) is 3.05. The Balaban J connectivity index is 1.70. The molecule has 2 amide bonds. The average Bonchev–Trinajstić information content (AvgIpc) is 3.43. The largest absolute Gasteiger partial charge is 0.352 e. The van der Waals surface area contributed by atoms with Crippen LogP contribution in [0.1, 0.15) is 54.9 Å². The Morgan fingerprint density at radius 3 is 2.07 bits per heavy atom. The van der Waals surface area contributed by atoms with Crippen LogP contribution in [0.15, 0.2) is 71.6 Å². The summed E-state index contributed by atoms with van der Waals surface area (Å²) in [5.41, 5.74) is 3.60. The van der Waals surface area contributed by atoms with E-state index >= 15 is 0 Å². The van der Waals surface area contributed by atoms with Crippen LogP contribution in [-0.4, -0.2) is 43.8 Å². The van der Waals surface area contributed by atoms with Crippen molar-refractivity contribution in [1.82, 2.24) is 10.2 Å². The normalized spacial score (nSPS) is 14.5. The number of nitrogens with one attached hydrogen (secondary N) is 1. The van der Waals surface area contributed by atoms with Gasteiger partial charge in [-0.15, -0.1) is 0 Å². The van der Waals surface area contributed by atoms with E-state index in [0.717, 1.165) is 46.7 Å². The van der Waals surface area contributed by atoms with E-state index in [9.17, 15) is 22.4 Å². The van der Waals surface area contributed by atoms with Gasteiger partial charge in [-0.1, -0.05) is 48.7 Å². The highest BCUT2D eigenvalue weighted by Gasteiger charge is 2.33. The molecule has 0 bridgehead atoms. The monoisotopic (exact) mass is 579 g/mol. The van der Waals surface area contributed by atoms with E-state index in [1.54, 1.807) is 43.3 Å². The van der Waals surface area contributed by atoms with Crippen molar-refractivity contribution in [2.45, 2.75) is 76.9 Å². The van der Waals surface area contributed by atoms with Gasteiger partial charge in [0.15, 0.2) is 0 Å². The van der Waals surface area contributed by atoms with Gasteiger partial charge in [0.1, 0.15) is 18.4 Å². The number of hydrogen-bond donors (Lipinski definition) is 1. The minimum atomic E-state index is -4.14. The Kier molecular flexibility index (Phi) is 9.48. The van der Waals surface area contributed by atoms with Gasteiger partial charge in [-0.25, -0.2) is 12.8 Å². The average molecular weight is 580 g/mol. The SMILES string of the molecule is Cc1ccc(S(=O)(=O)N(CC(=O)N(Cc2ccc(F)cc2)[C@@H](C)C(=O)NC2CCCC2)c2cc(C)cc(C)c2)cc1. The molecule has 0 aliphatic heterocycles. The fourth-order valence-electron chi connectivity index (χ4n) is 5.22. The van der Waals surface area contributed by atoms with Gasteiger partial charge in [-0.05, 0) is 93.6 Å². The van der Waals surface area contributed by atoms with Gasteiger partial charge in [0.25, 0.3) is 10.0 Å². The van der Waals surface area contributed by atoms with Crippen LogP contribution in [0.3, 0.4) is 0 Å². The quantitative estimate of drug-likeness (QED) is 0.348. The van der Waals surface area contributed by atoms with Crippen molar-refractivity contribution < 1.29 is 22.4 Å². The predicted molar refractivity (Wildman–Crippen MR) is 158 cm³/mol. The first kappa shape index (κ1) is 30.2. The Morgan fingerprint density at radius 1 is 0.902 bits per heavy atom. The molecule has 1 aliphatic rings. The van der Waals surface area contributed by atoms with E-state index in [4.69, 9.17) is 0 Å². The molecule has 0 unspecified atom stereocenters. The standard InChI is InChI=1S/C32H38FN3O4S/c1-22-9-15-30(16-10-22)41(39,40)36(29-18-23(2)17-24(3)19-29)21-31(37)35(20-26-11-13-27(33)14-12-26)25(4)32(38)34-28-7-5-6-8-28/h9-19,25,28H,5-8,20-21H2,1-4H3,(H,34,38)/t25-/m0/s1. The molecular formula is C32H38FN3O4S. The number of benzene rings is 3. The molecule has 218 valence electrons. The second kappa shape index (κ2) is 12.9. The number of anilines is 1. The first-order chi connectivity index (χ1) is 19.4. The van der Waals surface area contributed by atoms with Crippen molar-refractivity contribution in [3.63, 3.8) is 0 Å².